The molecule has 1 atom stereocenters. The van der Waals surface area contributed by atoms with Gasteiger partial charge < -0.3 is 9.47 Å². The highest BCUT2D eigenvalue weighted by molar-refractivity contribution is 9.10. The molecule has 3 aromatic carbocycles. The minimum atomic E-state index is -0.719. The molecular formula is C29H23BrN2O4S. The number of hydrogen-bond acceptors (Lipinski definition) is 6. The molecule has 1 aliphatic heterocycles. The third-order valence-corrected chi connectivity index (χ3v) is 7.48. The van der Waals surface area contributed by atoms with Crippen LogP contribution in [0.3, 0.4) is 0 Å². The fourth-order valence-corrected chi connectivity index (χ4v) is 5.52. The zero-order valence-electron chi connectivity index (χ0n) is 20.2. The highest BCUT2D eigenvalue weighted by Gasteiger charge is 2.35. The highest BCUT2D eigenvalue weighted by Crippen LogP contribution is 2.35. The lowest BCUT2D eigenvalue weighted by Gasteiger charge is -2.26. The monoisotopic (exact) mass is 574 g/mol. The number of hydrogen-bond donors (Lipinski definition) is 0. The molecule has 1 aromatic heterocycles. The summed E-state index contributed by atoms with van der Waals surface area (Å²) in [6.45, 7) is 1.96. The van der Waals surface area contributed by atoms with Crippen LogP contribution in [-0.4, -0.2) is 24.3 Å². The van der Waals surface area contributed by atoms with Crippen LogP contribution in [0.4, 0.5) is 0 Å². The number of aromatic nitrogens is 1. The van der Waals surface area contributed by atoms with Gasteiger partial charge in [0.1, 0.15) is 5.75 Å². The van der Waals surface area contributed by atoms with Gasteiger partial charge >= 0.3 is 5.97 Å². The maximum Gasteiger partial charge on any atom is 0.338 e. The van der Waals surface area contributed by atoms with Gasteiger partial charge in [-0.3, -0.25) is 9.36 Å². The van der Waals surface area contributed by atoms with Crippen molar-refractivity contribution in [1.82, 2.24) is 4.57 Å². The normalized spacial score (nSPS) is 15.2. The molecule has 0 bridgehead atoms. The molecule has 0 saturated carbocycles. The molecule has 186 valence electrons. The number of rotatable bonds is 6. The third-order valence-electron chi connectivity index (χ3n) is 5.97. The van der Waals surface area contributed by atoms with Crippen LogP contribution in [-0.2, 0) is 9.53 Å². The van der Waals surface area contributed by atoms with Crippen molar-refractivity contribution in [1.29, 1.82) is 0 Å². The van der Waals surface area contributed by atoms with E-state index < -0.39 is 12.0 Å². The van der Waals surface area contributed by atoms with E-state index >= 15 is 0 Å². The average molecular weight is 575 g/mol. The molecule has 0 radical (unpaired) electrons. The van der Waals surface area contributed by atoms with Crippen molar-refractivity contribution in [3.8, 4) is 5.75 Å². The maximum absolute atomic E-state index is 13.8. The Hall–Kier alpha value is -3.75. The van der Waals surface area contributed by atoms with E-state index in [-0.39, 0.29) is 12.2 Å². The molecule has 0 unspecified atom stereocenters. The summed E-state index contributed by atoms with van der Waals surface area (Å²) in [5, 5.41) is 0. The second-order valence-corrected chi connectivity index (χ2v) is 10.2. The molecular weight excluding hydrogens is 552 g/mol. The zero-order valence-corrected chi connectivity index (χ0v) is 22.6. The van der Waals surface area contributed by atoms with Crippen LogP contribution in [0.15, 0.2) is 98.7 Å². The lowest BCUT2D eigenvalue weighted by molar-refractivity contribution is -0.138. The number of methoxy groups -OCH3 is 1. The Morgan fingerprint density at radius 3 is 2.41 bits per heavy atom. The number of benzene rings is 3. The van der Waals surface area contributed by atoms with Gasteiger partial charge in [-0.05, 0) is 48.4 Å². The molecule has 4 aromatic rings. The summed E-state index contributed by atoms with van der Waals surface area (Å²) >= 11 is 4.75. The molecule has 0 aliphatic carbocycles. The van der Waals surface area contributed by atoms with Crippen molar-refractivity contribution in [2.45, 2.75) is 13.0 Å². The number of carbonyl (C=O) groups excluding carboxylic acids is 1. The van der Waals surface area contributed by atoms with Crippen LogP contribution in [0.1, 0.15) is 29.7 Å². The summed E-state index contributed by atoms with van der Waals surface area (Å²) in [7, 11) is 1.59. The molecule has 0 saturated heterocycles. The second-order valence-electron chi connectivity index (χ2n) is 8.26. The van der Waals surface area contributed by atoms with Gasteiger partial charge in [0.15, 0.2) is 4.80 Å². The van der Waals surface area contributed by atoms with E-state index in [9.17, 15) is 9.59 Å². The number of ether oxygens (including phenoxy) is 2. The predicted molar refractivity (Wildman–Crippen MR) is 148 cm³/mol. The minimum absolute atomic E-state index is 0.202. The lowest BCUT2D eigenvalue weighted by atomic mass is 9.93. The average Bonchev–Trinajstić information content (AvgIpc) is 3.24. The van der Waals surface area contributed by atoms with Crippen LogP contribution in [0, 0.1) is 0 Å². The molecule has 0 fully saturated rings. The lowest BCUT2D eigenvalue weighted by Crippen LogP contribution is -2.40. The summed E-state index contributed by atoms with van der Waals surface area (Å²) in [5.41, 5.74) is 3.01. The van der Waals surface area contributed by atoms with Crippen LogP contribution in [0.25, 0.3) is 11.8 Å². The summed E-state index contributed by atoms with van der Waals surface area (Å²) < 4.78 is 13.9. The van der Waals surface area contributed by atoms with Crippen molar-refractivity contribution in [2.24, 2.45) is 4.99 Å². The van der Waals surface area contributed by atoms with Gasteiger partial charge in [-0.15, -0.1) is 0 Å². The van der Waals surface area contributed by atoms with Crippen LogP contribution >= 0.6 is 27.3 Å². The Kier molecular flexibility index (Phi) is 7.21. The number of carbonyl (C=O) groups is 1. The quantitative estimate of drug-likeness (QED) is 0.313. The fraction of sp³-hybridized carbons (Fsp3) is 0.138. The summed E-state index contributed by atoms with van der Waals surface area (Å²) in [5.74, 6) is 0.171. The van der Waals surface area contributed by atoms with Crippen LogP contribution in [0.2, 0.25) is 0 Å². The van der Waals surface area contributed by atoms with Crippen molar-refractivity contribution >= 4 is 45.0 Å². The van der Waals surface area contributed by atoms with Gasteiger partial charge in [0.05, 0.1) is 35.6 Å². The van der Waals surface area contributed by atoms with Crippen molar-refractivity contribution in [2.75, 3.05) is 13.7 Å². The SMILES string of the molecule is CCOC(=O)C1=C(c2ccccc2)N=c2s/c(=C\c3ccc(Br)cc3)c(=O)n2[C@@H]1c1ccc(OC)cc1. The summed E-state index contributed by atoms with van der Waals surface area (Å²) in [6, 6.07) is 23.9. The van der Waals surface area contributed by atoms with E-state index in [2.05, 4.69) is 15.9 Å². The molecule has 6 nitrogen and oxygen atoms in total. The van der Waals surface area contributed by atoms with E-state index in [1.807, 2.05) is 84.9 Å². The molecule has 0 spiro atoms. The first-order valence-corrected chi connectivity index (χ1v) is 13.3. The zero-order chi connectivity index (χ0) is 25.9. The van der Waals surface area contributed by atoms with Gasteiger partial charge in [0.25, 0.3) is 5.56 Å². The first kappa shape index (κ1) is 24.9. The second kappa shape index (κ2) is 10.7. The number of halogens is 1. The Labute approximate surface area is 226 Å². The van der Waals surface area contributed by atoms with Gasteiger partial charge in [-0.25, -0.2) is 9.79 Å². The van der Waals surface area contributed by atoms with E-state index in [4.69, 9.17) is 14.5 Å². The first-order chi connectivity index (χ1) is 18.0. The highest BCUT2D eigenvalue weighted by atomic mass is 79.9. The molecule has 1 aliphatic rings. The summed E-state index contributed by atoms with van der Waals surface area (Å²) in [6.07, 6.45) is 1.84. The van der Waals surface area contributed by atoms with Crippen molar-refractivity contribution in [3.63, 3.8) is 0 Å². The van der Waals surface area contributed by atoms with Gasteiger partial charge in [0.2, 0.25) is 0 Å². The Morgan fingerprint density at radius 2 is 1.76 bits per heavy atom. The molecule has 8 heteroatoms. The summed E-state index contributed by atoms with van der Waals surface area (Å²) in [4.78, 5) is 32.7. The smallest absolute Gasteiger partial charge is 0.338 e. The van der Waals surface area contributed by atoms with E-state index in [1.165, 1.54) is 11.3 Å². The number of fused-ring (bicyclic) bond motifs is 1. The Morgan fingerprint density at radius 1 is 1.05 bits per heavy atom. The molecule has 0 N–H and O–H groups in total. The number of esters is 1. The Balaban J connectivity index is 1.81. The Bertz CT molecular complexity index is 1650. The van der Waals surface area contributed by atoms with Crippen molar-refractivity contribution in [3.05, 3.63) is 125 Å². The van der Waals surface area contributed by atoms with Crippen LogP contribution in [0.5, 0.6) is 5.75 Å². The maximum atomic E-state index is 13.8. The van der Waals surface area contributed by atoms with Gasteiger partial charge in [-0.1, -0.05) is 81.9 Å². The molecule has 2 heterocycles. The van der Waals surface area contributed by atoms with Gasteiger partial charge in [-0.2, -0.15) is 0 Å². The van der Waals surface area contributed by atoms with Crippen LogP contribution < -0.4 is 19.6 Å². The molecule has 37 heavy (non-hydrogen) atoms. The molecule has 0 amide bonds. The standard InChI is InChI=1S/C29H23BrN2O4S/c1-3-36-28(34)24-25(19-7-5-4-6-8-19)31-29-32(26(24)20-11-15-22(35-2)16-12-20)27(33)23(37-29)17-18-9-13-21(30)14-10-18/h4-17,26H,3H2,1-2H3/b23-17-/t26-/m1/s1. The largest absolute Gasteiger partial charge is 0.497 e. The predicted octanol–water partition coefficient (Wildman–Crippen LogP) is 4.71. The molecule has 5 rings (SSSR count). The fourth-order valence-electron chi connectivity index (χ4n) is 4.25. The van der Waals surface area contributed by atoms with E-state index in [0.29, 0.717) is 26.4 Å². The van der Waals surface area contributed by atoms with Gasteiger partial charge in [0, 0.05) is 10.0 Å². The minimum Gasteiger partial charge on any atom is -0.497 e. The van der Waals surface area contributed by atoms with E-state index in [1.54, 1.807) is 18.6 Å². The van der Waals surface area contributed by atoms with E-state index in [0.717, 1.165) is 21.2 Å². The third kappa shape index (κ3) is 4.95. The number of nitrogens with zero attached hydrogens (tertiary/aromatic N) is 2. The van der Waals surface area contributed by atoms with Crippen molar-refractivity contribution < 1.29 is 14.3 Å². The first-order valence-electron chi connectivity index (χ1n) is 11.7. The number of thiazole rings is 1. The topological polar surface area (TPSA) is 69.9 Å².